The van der Waals surface area contributed by atoms with Crippen LogP contribution in [-0.2, 0) is 4.79 Å². The van der Waals surface area contributed by atoms with Gasteiger partial charge in [0, 0.05) is 31.7 Å². The first-order valence-corrected chi connectivity index (χ1v) is 11.6. The predicted octanol–water partition coefficient (Wildman–Crippen LogP) is 4.50. The largest absolute Gasteiger partial charge is 0.335 e. The molecule has 0 saturated carbocycles. The van der Waals surface area contributed by atoms with Crippen LogP contribution in [0.1, 0.15) is 21.5 Å². The zero-order chi connectivity index (χ0) is 23.5. The minimum absolute atomic E-state index is 0.168. The molecule has 0 radical (unpaired) electrons. The zero-order valence-corrected chi connectivity index (χ0v) is 19.2. The maximum absolute atomic E-state index is 13.6. The lowest BCUT2D eigenvalue weighted by Gasteiger charge is -2.28. The molecule has 5 rings (SSSR count). The van der Waals surface area contributed by atoms with Crippen molar-refractivity contribution >= 4 is 39.4 Å². The number of carbonyl (C=O) groups excluding carboxylic acids is 2. The highest BCUT2D eigenvalue weighted by atomic mass is 16.2. The van der Waals surface area contributed by atoms with Crippen molar-refractivity contribution in [3.8, 4) is 0 Å². The van der Waals surface area contributed by atoms with Crippen LogP contribution in [-0.4, -0.2) is 42.9 Å². The Morgan fingerprint density at radius 2 is 1.44 bits per heavy atom. The van der Waals surface area contributed by atoms with E-state index >= 15 is 0 Å². The highest BCUT2D eigenvalue weighted by Gasteiger charge is 2.23. The molecule has 4 aromatic rings. The third-order valence-electron chi connectivity index (χ3n) is 6.30. The topological polar surface area (TPSA) is 61.4 Å². The zero-order valence-electron chi connectivity index (χ0n) is 19.2. The number of carbonyl (C=O) groups is 2. The van der Waals surface area contributed by atoms with Gasteiger partial charge in [-0.3, -0.25) is 9.59 Å². The molecule has 1 fully saturated rings. The average Bonchev–Trinajstić information content (AvgIpc) is 2.88. The van der Waals surface area contributed by atoms with Crippen molar-refractivity contribution in [2.75, 3.05) is 26.2 Å². The van der Waals surface area contributed by atoms with Crippen LogP contribution in [0.4, 0.5) is 0 Å². The van der Waals surface area contributed by atoms with Crippen molar-refractivity contribution in [2.45, 2.75) is 6.92 Å². The molecule has 0 bridgehead atoms. The van der Waals surface area contributed by atoms with Crippen LogP contribution in [0.3, 0.4) is 0 Å². The first-order valence-electron chi connectivity index (χ1n) is 11.6. The number of hydrogen-bond donors (Lipinski definition) is 2. The summed E-state index contributed by atoms with van der Waals surface area (Å²) in [5, 5.41) is 10.5. The van der Waals surface area contributed by atoms with Gasteiger partial charge in [-0.25, -0.2) is 0 Å². The fourth-order valence-corrected chi connectivity index (χ4v) is 4.44. The highest BCUT2D eigenvalue weighted by Crippen LogP contribution is 2.30. The van der Waals surface area contributed by atoms with Crippen molar-refractivity contribution in [3.63, 3.8) is 0 Å². The molecule has 0 spiro atoms. The molecule has 0 unspecified atom stereocenters. The van der Waals surface area contributed by atoms with Crippen LogP contribution in [0.25, 0.3) is 27.6 Å². The first kappa shape index (κ1) is 21.9. The summed E-state index contributed by atoms with van der Waals surface area (Å²) in [4.78, 5) is 28.5. The third kappa shape index (κ3) is 4.43. The second-order valence-corrected chi connectivity index (χ2v) is 8.65. The van der Waals surface area contributed by atoms with E-state index < -0.39 is 0 Å². The Morgan fingerprint density at radius 3 is 2.06 bits per heavy atom. The fourth-order valence-electron chi connectivity index (χ4n) is 4.44. The molecular weight excluding hydrogens is 422 g/mol. The third-order valence-corrected chi connectivity index (χ3v) is 6.30. The van der Waals surface area contributed by atoms with Gasteiger partial charge in [0.2, 0.25) is 0 Å². The molecule has 4 aromatic carbocycles. The number of nitrogens with one attached hydrogen (secondary N) is 2. The Labute approximate surface area is 199 Å². The summed E-state index contributed by atoms with van der Waals surface area (Å²) >= 11 is 0. The number of hydrogen-bond acceptors (Lipinski definition) is 3. The lowest BCUT2D eigenvalue weighted by molar-refractivity contribution is -0.127. The van der Waals surface area contributed by atoms with Gasteiger partial charge in [-0.05, 0) is 58.3 Å². The summed E-state index contributed by atoms with van der Waals surface area (Å²) in [6.45, 7) is 4.66. The van der Waals surface area contributed by atoms with Crippen LogP contribution in [0.2, 0.25) is 0 Å². The van der Waals surface area contributed by atoms with Crippen molar-refractivity contribution in [1.82, 2.24) is 15.5 Å². The minimum Gasteiger partial charge on any atom is -0.335 e. The monoisotopic (exact) mass is 449 g/mol. The van der Waals surface area contributed by atoms with E-state index in [4.69, 9.17) is 0 Å². The summed E-state index contributed by atoms with van der Waals surface area (Å²) in [6, 6.07) is 25.8. The van der Waals surface area contributed by atoms with Crippen LogP contribution in [0, 0.1) is 6.92 Å². The molecule has 34 heavy (non-hydrogen) atoms. The lowest BCUT2D eigenvalue weighted by atomic mass is 9.96. The molecule has 0 atom stereocenters. The molecule has 1 heterocycles. The van der Waals surface area contributed by atoms with Crippen LogP contribution < -0.4 is 10.6 Å². The normalized spacial score (nSPS) is 14.4. The predicted molar refractivity (Wildman–Crippen MR) is 138 cm³/mol. The van der Waals surface area contributed by atoms with E-state index in [0.717, 1.165) is 45.8 Å². The number of nitrogens with zero attached hydrogens (tertiary/aromatic N) is 1. The molecule has 1 saturated heterocycles. The molecule has 0 aromatic heterocycles. The number of rotatable bonds is 4. The summed E-state index contributed by atoms with van der Waals surface area (Å²) in [5.41, 5.74) is 2.81. The maximum Gasteiger partial charge on any atom is 0.270 e. The summed E-state index contributed by atoms with van der Waals surface area (Å²) in [6.07, 6.45) is 1.85. The molecule has 1 aliphatic heterocycles. The number of aryl methyl sites for hydroxylation is 1. The number of fused-ring (bicyclic) bond motifs is 2. The van der Waals surface area contributed by atoms with Gasteiger partial charge < -0.3 is 15.5 Å². The van der Waals surface area contributed by atoms with E-state index in [1.54, 1.807) is 17.0 Å². The van der Waals surface area contributed by atoms with Crippen molar-refractivity contribution < 1.29 is 9.59 Å². The van der Waals surface area contributed by atoms with E-state index in [-0.39, 0.29) is 17.5 Å². The van der Waals surface area contributed by atoms with Crippen LogP contribution >= 0.6 is 0 Å². The molecule has 1 aliphatic rings. The number of amides is 2. The van der Waals surface area contributed by atoms with Gasteiger partial charge in [0.25, 0.3) is 11.8 Å². The Balaban J connectivity index is 1.64. The second kappa shape index (κ2) is 9.49. The van der Waals surface area contributed by atoms with Crippen LogP contribution in [0.15, 0.2) is 84.6 Å². The molecule has 5 nitrogen and oxygen atoms in total. The molecule has 2 N–H and O–H groups in total. The summed E-state index contributed by atoms with van der Waals surface area (Å²) in [5.74, 6) is -0.460. The van der Waals surface area contributed by atoms with Crippen molar-refractivity contribution in [2.24, 2.45) is 0 Å². The molecule has 0 aliphatic carbocycles. The summed E-state index contributed by atoms with van der Waals surface area (Å²) < 4.78 is 0. The quantitative estimate of drug-likeness (QED) is 0.356. The smallest absolute Gasteiger partial charge is 0.270 e. The molecular formula is C29H27N3O2. The maximum atomic E-state index is 13.6. The highest BCUT2D eigenvalue weighted by molar-refractivity contribution is 6.11. The van der Waals surface area contributed by atoms with Crippen molar-refractivity contribution in [3.05, 3.63) is 101 Å². The van der Waals surface area contributed by atoms with Gasteiger partial charge in [-0.2, -0.15) is 0 Å². The molecule has 2 amide bonds. The second-order valence-electron chi connectivity index (χ2n) is 8.65. The van der Waals surface area contributed by atoms with E-state index in [2.05, 4.69) is 41.0 Å². The standard InChI is InChI=1S/C29H27N3O2/c1-20-10-12-21(13-11-20)28(33)31-27(29(34)32-16-14-30-15-17-32)19-26-24-8-4-2-6-22(24)18-23-7-3-5-9-25(23)26/h2-13,18-19,30H,14-17H2,1H3,(H,31,33)/b27-19-. The van der Waals surface area contributed by atoms with Crippen molar-refractivity contribution in [1.29, 1.82) is 0 Å². The molecule has 5 heteroatoms. The summed E-state index contributed by atoms with van der Waals surface area (Å²) in [7, 11) is 0. The minimum atomic E-state index is -0.292. The van der Waals surface area contributed by atoms with Gasteiger partial charge in [-0.1, -0.05) is 66.2 Å². The SMILES string of the molecule is Cc1ccc(C(=O)N/C(=C\c2c3ccccc3cc3ccccc23)C(=O)N2CCNCC2)cc1. The lowest BCUT2D eigenvalue weighted by Crippen LogP contribution is -2.48. The van der Waals surface area contributed by atoms with Gasteiger partial charge in [0.05, 0.1) is 0 Å². The van der Waals surface area contributed by atoms with Gasteiger partial charge in [0.1, 0.15) is 5.70 Å². The van der Waals surface area contributed by atoms with Gasteiger partial charge in [-0.15, -0.1) is 0 Å². The number of piperazine rings is 1. The Bertz CT molecular complexity index is 1350. The van der Waals surface area contributed by atoms with E-state index in [1.807, 2.05) is 49.4 Å². The Hall–Kier alpha value is -3.96. The average molecular weight is 450 g/mol. The van der Waals surface area contributed by atoms with E-state index in [9.17, 15) is 9.59 Å². The van der Waals surface area contributed by atoms with Gasteiger partial charge >= 0.3 is 0 Å². The first-order chi connectivity index (χ1) is 16.6. The van der Waals surface area contributed by atoms with Gasteiger partial charge in [0.15, 0.2) is 0 Å². The number of benzene rings is 4. The van der Waals surface area contributed by atoms with Crippen LogP contribution in [0.5, 0.6) is 0 Å². The van der Waals surface area contributed by atoms with E-state index in [1.165, 1.54) is 0 Å². The Kier molecular flexibility index (Phi) is 6.11. The fraction of sp³-hybridized carbons (Fsp3) is 0.172. The molecule has 170 valence electrons. The van der Waals surface area contributed by atoms with E-state index in [0.29, 0.717) is 18.7 Å². The Morgan fingerprint density at radius 1 is 0.853 bits per heavy atom.